The van der Waals surface area contributed by atoms with Crippen LogP contribution >= 0.6 is 23.1 Å². The number of aromatic nitrogens is 3. The largest absolute Gasteiger partial charge is 0.191 e. The summed E-state index contributed by atoms with van der Waals surface area (Å²) in [6, 6.07) is 0. The minimum atomic E-state index is 0.422. The maximum Gasteiger partial charge on any atom is 0.161 e. The summed E-state index contributed by atoms with van der Waals surface area (Å²) >= 11 is 7.04. The first-order chi connectivity index (χ1) is 4.88. The maximum absolute atomic E-state index is 5.69. The molecule has 0 bridgehead atoms. The van der Waals surface area contributed by atoms with Gasteiger partial charge < -0.3 is 0 Å². The van der Waals surface area contributed by atoms with Crippen molar-refractivity contribution in [2.75, 3.05) is 0 Å². The second-order valence-corrected chi connectivity index (χ2v) is 2.74. The normalized spacial score (nSPS) is 10.5. The summed E-state index contributed by atoms with van der Waals surface area (Å²) in [6.07, 6.45) is 1.59. The average molecular weight is 172 g/mol. The van der Waals surface area contributed by atoms with Crippen molar-refractivity contribution in [2.45, 2.75) is 0 Å². The van der Waals surface area contributed by atoms with Crippen LogP contribution in [0.25, 0.3) is 10.9 Å². The van der Waals surface area contributed by atoms with Crippen molar-refractivity contribution >= 4 is 34.0 Å². The molecule has 0 fully saturated rings. The Kier molecular flexibility index (Phi) is 1.28. The first kappa shape index (κ1) is 6.00. The molecule has 0 aliphatic heterocycles. The van der Waals surface area contributed by atoms with Crippen molar-refractivity contribution in [3.8, 4) is 0 Å². The van der Waals surface area contributed by atoms with Crippen LogP contribution in [0, 0.1) is 0 Å². The van der Waals surface area contributed by atoms with Gasteiger partial charge in [0.2, 0.25) is 0 Å². The van der Waals surface area contributed by atoms with E-state index in [1.807, 2.05) is 5.38 Å². The Morgan fingerprint density at radius 2 is 2.40 bits per heavy atom. The van der Waals surface area contributed by atoms with E-state index >= 15 is 0 Å². The smallest absolute Gasteiger partial charge is 0.161 e. The molecule has 3 nitrogen and oxygen atoms in total. The highest BCUT2D eigenvalue weighted by molar-refractivity contribution is 7.04. The van der Waals surface area contributed by atoms with E-state index in [2.05, 4.69) is 14.6 Å². The third kappa shape index (κ3) is 0.767. The molecule has 0 aliphatic carbocycles. The lowest BCUT2D eigenvalue weighted by atomic mass is 10.4. The Hall–Kier alpha value is -0.740. The Morgan fingerprint density at radius 3 is 3.20 bits per heavy atom. The van der Waals surface area contributed by atoms with E-state index in [0.717, 1.165) is 10.9 Å². The maximum atomic E-state index is 5.69. The zero-order valence-electron chi connectivity index (χ0n) is 4.78. The van der Waals surface area contributed by atoms with Crippen LogP contribution in [0.2, 0.25) is 5.15 Å². The molecule has 0 unspecified atom stereocenters. The summed E-state index contributed by atoms with van der Waals surface area (Å²) in [5.74, 6) is 0. The van der Waals surface area contributed by atoms with Gasteiger partial charge in [-0.1, -0.05) is 11.6 Å². The fourth-order valence-electron chi connectivity index (χ4n) is 0.681. The summed E-state index contributed by atoms with van der Waals surface area (Å²) in [6.45, 7) is 0. The second kappa shape index (κ2) is 2.14. The van der Waals surface area contributed by atoms with Gasteiger partial charge in [0.05, 0.1) is 11.6 Å². The van der Waals surface area contributed by atoms with Gasteiger partial charge in [0.1, 0.15) is 5.52 Å². The van der Waals surface area contributed by atoms with Crippen molar-refractivity contribution in [1.82, 2.24) is 14.6 Å². The Balaban J connectivity index is 2.95. The fourth-order valence-corrected chi connectivity index (χ4v) is 1.59. The van der Waals surface area contributed by atoms with Crippen molar-refractivity contribution in [1.29, 1.82) is 0 Å². The number of hydrogen-bond acceptors (Lipinski definition) is 4. The van der Waals surface area contributed by atoms with Gasteiger partial charge in [-0.3, -0.25) is 0 Å². The third-order valence-electron chi connectivity index (χ3n) is 1.15. The molecule has 0 spiro atoms. The lowest BCUT2D eigenvalue weighted by molar-refractivity contribution is 1.05. The number of rotatable bonds is 0. The van der Waals surface area contributed by atoms with E-state index in [9.17, 15) is 0 Å². The van der Waals surface area contributed by atoms with Crippen molar-refractivity contribution in [3.05, 3.63) is 16.7 Å². The molecule has 2 aromatic heterocycles. The van der Waals surface area contributed by atoms with Crippen LogP contribution in [0.15, 0.2) is 11.6 Å². The molecule has 0 N–H and O–H groups in total. The van der Waals surface area contributed by atoms with Gasteiger partial charge in [-0.05, 0) is 11.5 Å². The Labute approximate surface area is 65.8 Å². The molecule has 0 saturated carbocycles. The van der Waals surface area contributed by atoms with Crippen LogP contribution in [0.5, 0.6) is 0 Å². The van der Waals surface area contributed by atoms with Gasteiger partial charge >= 0.3 is 0 Å². The number of halogens is 1. The number of fused-ring (bicyclic) bond motifs is 1. The van der Waals surface area contributed by atoms with Crippen LogP contribution in [0.1, 0.15) is 0 Å². The second-order valence-electron chi connectivity index (χ2n) is 1.75. The number of hydrogen-bond donors (Lipinski definition) is 0. The van der Waals surface area contributed by atoms with Gasteiger partial charge in [0.15, 0.2) is 5.15 Å². The van der Waals surface area contributed by atoms with E-state index in [1.54, 1.807) is 6.20 Å². The van der Waals surface area contributed by atoms with Crippen LogP contribution < -0.4 is 0 Å². The van der Waals surface area contributed by atoms with Gasteiger partial charge in [0, 0.05) is 5.38 Å². The Bertz CT molecular complexity index is 358. The molecule has 0 radical (unpaired) electrons. The molecule has 2 aromatic rings. The predicted molar refractivity (Wildman–Crippen MR) is 40.2 cm³/mol. The summed E-state index contributed by atoms with van der Waals surface area (Å²) in [5.41, 5.74) is 0.810. The number of nitrogens with zero attached hydrogens (tertiary/aromatic N) is 3. The molecular weight excluding hydrogens is 170 g/mol. The van der Waals surface area contributed by atoms with Crippen LogP contribution in [-0.4, -0.2) is 14.6 Å². The molecule has 0 atom stereocenters. The molecule has 2 heterocycles. The molecule has 0 aromatic carbocycles. The summed E-state index contributed by atoms with van der Waals surface area (Å²) in [4.78, 5) is 0. The highest BCUT2D eigenvalue weighted by Crippen LogP contribution is 2.19. The SMILES string of the molecule is Clc1nncc2nscc12. The Morgan fingerprint density at radius 1 is 1.50 bits per heavy atom. The molecule has 0 aliphatic rings. The predicted octanol–water partition coefficient (Wildman–Crippen LogP) is 1.74. The molecule has 5 heteroatoms. The van der Waals surface area contributed by atoms with E-state index in [4.69, 9.17) is 11.6 Å². The van der Waals surface area contributed by atoms with Crippen molar-refractivity contribution in [2.24, 2.45) is 0 Å². The molecule has 0 amide bonds. The lowest BCUT2D eigenvalue weighted by Gasteiger charge is -1.85. The van der Waals surface area contributed by atoms with Crippen molar-refractivity contribution in [3.63, 3.8) is 0 Å². The average Bonchev–Trinajstić information content (AvgIpc) is 2.36. The molecule has 0 saturated heterocycles. The third-order valence-corrected chi connectivity index (χ3v) is 2.07. The topological polar surface area (TPSA) is 38.7 Å². The molecular formula is C5H2ClN3S. The summed E-state index contributed by atoms with van der Waals surface area (Å²) in [5, 5.41) is 10.5. The minimum Gasteiger partial charge on any atom is -0.191 e. The first-order valence-corrected chi connectivity index (χ1v) is 3.80. The standard InChI is InChI=1S/C5H2ClN3S/c6-5-3-2-10-9-4(3)1-7-8-5/h1-2H. The lowest BCUT2D eigenvalue weighted by Crippen LogP contribution is -1.79. The fraction of sp³-hybridized carbons (Fsp3) is 0. The van der Waals surface area contributed by atoms with Gasteiger partial charge in [-0.15, -0.1) is 5.10 Å². The molecule has 10 heavy (non-hydrogen) atoms. The van der Waals surface area contributed by atoms with Gasteiger partial charge in [0.25, 0.3) is 0 Å². The quantitative estimate of drug-likeness (QED) is 0.606. The van der Waals surface area contributed by atoms with Crippen LogP contribution in [-0.2, 0) is 0 Å². The van der Waals surface area contributed by atoms with E-state index in [0.29, 0.717) is 5.15 Å². The van der Waals surface area contributed by atoms with E-state index in [-0.39, 0.29) is 0 Å². The monoisotopic (exact) mass is 171 g/mol. The van der Waals surface area contributed by atoms with Gasteiger partial charge in [-0.25, -0.2) is 0 Å². The van der Waals surface area contributed by atoms with Gasteiger partial charge in [-0.2, -0.15) is 9.47 Å². The van der Waals surface area contributed by atoms with E-state index < -0.39 is 0 Å². The first-order valence-electron chi connectivity index (χ1n) is 2.59. The summed E-state index contributed by atoms with van der Waals surface area (Å²) in [7, 11) is 0. The van der Waals surface area contributed by atoms with E-state index in [1.165, 1.54) is 11.5 Å². The van der Waals surface area contributed by atoms with Crippen LogP contribution in [0.3, 0.4) is 0 Å². The highest BCUT2D eigenvalue weighted by Gasteiger charge is 2.00. The zero-order chi connectivity index (χ0) is 6.97. The molecule has 50 valence electrons. The highest BCUT2D eigenvalue weighted by atomic mass is 35.5. The minimum absolute atomic E-state index is 0.422. The zero-order valence-corrected chi connectivity index (χ0v) is 6.35. The van der Waals surface area contributed by atoms with Crippen LogP contribution in [0.4, 0.5) is 0 Å². The molecule has 2 rings (SSSR count). The van der Waals surface area contributed by atoms with Crippen molar-refractivity contribution < 1.29 is 0 Å². The summed E-state index contributed by atoms with van der Waals surface area (Å²) < 4.78 is 4.03.